The predicted molar refractivity (Wildman–Crippen MR) is 64.2 cm³/mol. The van der Waals surface area contributed by atoms with Crippen LogP contribution in [-0.2, 0) is 11.3 Å². The fraction of sp³-hybridized carbons (Fsp3) is 0.455. The number of amides is 1. The number of carbonyl (C=O) groups excluding carboxylic acids is 1. The van der Waals surface area contributed by atoms with E-state index < -0.39 is 5.97 Å². The van der Waals surface area contributed by atoms with E-state index in [0.717, 1.165) is 18.0 Å². The fourth-order valence-corrected chi connectivity index (χ4v) is 2.63. The van der Waals surface area contributed by atoms with Gasteiger partial charge >= 0.3 is 5.97 Å². The van der Waals surface area contributed by atoms with Crippen molar-refractivity contribution >= 4 is 23.2 Å². The molecule has 92 valence electrons. The van der Waals surface area contributed by atoms with Crippen molar-refractivity contribution in [1.29, 1.82) is 0 Å². The van der Waals surface area contributed by atoms with E-state index in [2.05, 4.69) is 0 Å². The number of aromatic carboxylic acids is 1. The lowest BCUT2D eigenvalue weighted by Crippen LogP contribution is -2.47. The molecule has 2 heterocycles. The van der Waals surface area contributed by atoms with E-state index in [9.17, 15) is 9.59 Å². The van der Waals surface area contributed by atoms with Crippen molar-refractivity contribution in [3.8, 4) is 0 Å². The van der Waals surface area contributed by atoms with Gasteiger partial charge in [-0.3, -0.25) is 9.69 Å². The normalized spacial score (nSPS) is 17.5. The van der Waals surface area contributed by atoms with E-state index in [0.29, 0.717) is 18.0 Å². The topological polar surface area (TPSA) is 60.9 Å². The maximum Gasteiger partial charge on any atom is 0.345 e. The quantitative estimate of drug-likeness (QED) is 0.863. The van der Waals surface area contributed by atoms with E-state index in [1.807, 2.05) is 11.0 Å². The molecule has 0 aromatic carbocycles. The number of thiophene rings is 1. The molecule has 1 aromatic rings. The smallest absolute Gasteiger partial charge is 0.345 e. The van der Waals surface area contributed by atoms with Crippen LogP contribution in [0.1, 0.15) is 14.5 Å². The first-order valence-corrected chi connectivity index (χ1v) is 6.16. The average Bonchev–Trinajstić information content (AvgIpc) is 2.72. The summed E-state index contributed by atoms with van der Waals surface area (Å²) in [6, 6.07) is 3.43. The zero-order valence-corrected chi connectivity index (χ0v) is 10.4. The Morgan fingerprint density at radius 3 is 2.82 bits per heavy atom. The van der Waals surface area contributed by atoms with E-state index >= 15 is 0 Å². The lowest BCUT2D eigenvalue weighted by atomic mass is 10.3. The van der Waals surface area contributed by atoms with Crippen molar-refractivity contribution in [3.05, 3.63) is 21.9 Å². The van der Waals surface area contributed by atoms with Crippen molar-refractivity contribution in [3.63, 3.8) is 0 Å². The van der Waals surface area contributed by atoms with Gasteiger partial charge in [0, 0.05) is 31.6 Å². The van der Waals surface area contributed by atoms with Gasteiger partial charge in [-0.15, -0.1) is 11.3 Å². The second-order valence-electron chi connectivity index (χ2n) is 4.10. The lowest BCUT2D eigenvalue weighted by Gasteiger charge is -2.31. The van der Waals surface area contributed by atoms with Crippen molar-refractivity contribution < 1.29 is 14.7 Å². The fourth-order valence-electron chi connectivity index (χ4n) is 1.74. The molecule has 0 atom stereocenters. The van der Waals surface area contributed by atoms with E-state index in [1.54, 1.807) is 18.0 Å². The van der Waals surface area contributed by atoms with Crippen molar-refractivity contribution in [2.24, 2.45) is 0 Å². The molecule has 0 saturated carbocycles. The monoisotopic (exact) mass is 254 g/mol. The van der Waals surface area contributed by atoms with Crippen LogP contribution in [0, 0.1) is 0 Å². The molecule has 2 rings (SSSR count). The molecule has 0 bridgehead atoms. The number of hydrogen-bond acceptors (Lipinski definition) is 4. The first kappa shape index (κ1) is 12.1. The Morgan fingerprint density at radius 2 is 2.24 bits per heavy atom. The minimum absolute atomic E-state index is 0.117. The maximum atomic E-state index is 11.5. The molecule has 1 aliphatic heterocycles. The third kappa shape index (κ3) is 2.83. The zero-order valence-electron chi connectivity index (χ0n) is 9.55. The summed E-state index contributed by atoms with van der Waals surface area (Å²) in [6.45, 7) is 2.63. The minimum atomic E-state index is -0.893. The summed E-state index contributed by atoms with van der Waals surface area (Å²) in [5, 5.41) is 8.82. The summed E-state index contributed by atoms with van der Waals surface area (Å²) in [5.41, 5.74) is 0. The van der Waals surface area contributed by atoms with E-state index in [1.165, 1.54) is 11.3 Å². The van der Waals surface area contributed by atoms with Gasteiger partial charge in [-0.1, -0.05) is 0 Å². The van der Waals surface area contributed by atoms with Gasteiger partial charge in [0.1, 0.15) is 4.88 Å². The first-order chi connectivity index (χ1) is 8.06. The Morgan fingerprint density at radius 1 is 1.47 bits per heavy atom. The third-order valence-electron chi connectivity index (χ3n) is 2.79. The second-order valence-corrected chi connectivity index (χ2v) is 5.27. The molecule has 1 N–H and O–H groups in total. The van der Waals surface area contributed by atoms with Crippen LogP contribution in [0.3, 0.4) is 0 Å². The molecule has 1 amide bonds. The van der Waals surface area contributed by atoms with Gasteiger partial charge in [0.15, 0.2) is 0 Å². The molecule has 0 spiro atoms. The van der Waals surface area contributed by atoms with E-state index in [-0.39, 0.29) is 5.91 Å². The van der Waals surface area contributed by atoms with Gasteiger partial charge in [-0.25, -0.2) is 4.79 Å². The number of piperazine rings is 1. The molecule has 1 saturated heterocycles. The Kier molecular flexibility index (Phi) is 3.44. The summed E-state index contributed by atoms with van der Waals surface area (Å²) in [7, 11) is 1.80. The highest BCUT2D eigenvalue weighted by atomic mass is 32.1. The zero-order chi connectivity index (χ0) is 12.4. The number of rotatable bonds is 3. The highest BCUT2D eigenvalue weighted by Crippen LogP contribution is 2.19. The van der Waals surface area contributed by atoms with Gasteiger partial charge < -0.3 is 10.0 Å². The molecule has 0 aliphatic carbocycles. The van der Waals surface area contributed by atoms with Gasteiger partial charge in [-0.05, 0) is 12.1 Å². The molecule has 17 heavy (non-hydrogen) atoms. The Hall–Kier alpha value is -1.40. The number of carboxylic acids is 1. The highest BCUT2D eigenvalue weighted by Gasteiger charge is 2.21. The molecule has 1 aromatic heterocycles. The molecule has 6 heteroatoms. The number of hydrogen-bond donors (Lipinski definition) is 1. The van der Waals surface area contributed by atoms with Crippen LogP contribution in [0.15, 0.2) is 12.1 Å². The number of nitrogens with zero attached hydrogens (tertiary/aromatic N) is 2. The Labute approximate surface area is 103 Å². The molecule has 1 aliphatic rings. The molecular weight excluding hydrogens is 240 g/mol. The van der Waals surface area contributed by atoms with Crippen molar-refractivity contribution in [1.82, 2.24) is 9.80 Å². The standard InChI is InChI=1S/C11H14N2O3S/c1-12-4-5-13(7-10(12)14)6-8-2-3-9(17-8)11(15)16/h2-3H,4-7H2,1H3,(H,15,16). The van der Waals surface area contributed by atoms with Gasteiger partial charge in [0.05, 0.1) is 6.54 Å². The first-order valence-electron chi connectivity index (χ1n) is 5.34. The minimum Gasteiger partial charge on any atom is -0.477 e. The van der Waals surface area contributed by atoms with Gasteiger partial charge in [0.2, 0.25) is 5.91 Å². The summed E-state index contributed by atoms with van der Waals surface area (Å²) < 4.78 is 0. The molecule has 1 fully saturated rings. The van der Waals surface area contributed by atoms with Crippen molar-refractivity contribution in [2.75, 3.05) is 26.7 Å². The second kappa shape index (κ2) is 4.85. The number of carboxylic acid groups (broad SMARTS) is 1. The average molecular weight is 254 g/mol. The number of likely N-dealkylation sites (N-methyl/N-ethyl adjacent to an activating group) is 1. The van der Waals surface area contributed by atoms with E-state index in [4.69, 9.17) is 5.11 Å². The Bertz CT molecular complexity index is 444. The number of carbonyl (C=O) groups is 2. The summed E-state index contributed by atoms with van der Waals surface area (Å²) in [6.07, 6.45) is 0. The molecule has 5 nitrogen and oxygen atoms in total. The molecular formula is C11H14N2O3S. The van der Waals surface area contributed by atoms with Crippen LogP contribution >= 0.6 is 11.3 Å². The van der Waals surface area contributed by atoms with Gasteiger partial charge in [0.25, 0.3) is 0 Å². The van der Waals surface area contributed by atoms with Crippen LogP contribution in [0.4, 0.5) is 0 Å². The lowest BCUT2D eigenvalue weighted by molar-refractivity contribution is -0.134. The molecule has 0 radical (unpaired) electrons. The van der Waals surface area contributed by atoms with Crippen molar-refractivity contribution in [2.45, 2.75) is 6.54 Å². The summed E-state index contributed by atoms with van der Waals surface area (Å²) >= 11 is 1.27. The molecule has 0 unspecified atom stereocenters. The SMILES string of the molecule is CN1CCN(Cc2ccc(C(=O)O)s2)CC1=O. The summed E-state index contributed by atoms with van der Waals surface area (Å²) in [4.78, 5) is 27.3. The highest BCUT2D eigenvalue weighted by molar-refractivity contribution is 7.13. The maximum absolute atomic E-state index is 11.5. The van der Waals surface area contributed by atoms with Crippen LogP contribution < -0.4 is 0 Å². The van der Waals surface area contributed by atoms with Gasteiger partial charge in [-0.2, -0.15) is 0 Å². The van der Waals surface area contributed by atoms with Crippen LogP contribution in [0.5, 0.6) is 0 Å². The van der Waals surface area contributed by atoms with Crippen LogP contribution in [0.2, 0.25) is 0 Å². The van der Waals surface area contributed by atoms with Crippen LogP contribution in [0.25, 0.3) is 0 Å². The summed E-state index contributed by atoms with van der Waals surface area (Å²) in [5.74, 6) is -0.776. The Balaban J connectivity index is 1.96. The van der Waals surface area contributed by atoms with Crippen LogP contribution in [-0.4, -0.2) is 53.5 Å². The third-order valence-corrected chi connectivity index (χ3v) is 3.85. The predicted octanol–water partition coefficient (Wildman–Crippen LogP) is 0.720. The largest absolute Gasteiger partial charge is 0.477 e.